The highest BCUT2D eigenvalue weighted by atomic mass is 16.3. The lowest BCUT2D eigenvalue weighted by molar-refractivity contribution is 0.620. The number of benzene rings is 9. The van der Waals surface area contributed by atoms with Crippen LogP contribution in [0.2, 0.25) is 0 Å². The molecule has 4 heteroatoms. The van der Waals surface area contributed by atoms with Gasteiger partial charge in [0.2, 0.25) is 5.89 Å². The Hall–Kier alpha value is -7.69. The van der Waals surface area contributed by atoms with Gasteiger partial charge in [-0.2, -0.15) is 0 Å². The van der Waals surface area contributed by atoms with E-state index in [-0.39, 0.29) is 0 Å². The third-order valence-corrected chi connectivity index (χ3v) is 11.0. The lowest BCUT2D eigenvalue weighted by atomic mass is 10.0. The van der Waals surface area contributed by atoms with E-state index in [4.69, 9.17) is 9.40 Å². The molecule has 57 heavy (non-hydrogen) atoms. The molecule has 0 unspecified atom stereocenters. The van der Waals surface area contributed by atoms with E-state index < -0.39 is 0 Å². The zero-order chi connectivity index (χ0) is 37.7. The van der Waals surface area contributed by atoms with E-state index in [1.807, 2.05) is 36.4 Å². The smallest absolute Gasteiger partial charge is 0.227 e. The summed E-state index contributed by atoms with van der Waals surface area (Å²) < 4.78 is 9.13. The SMILES string of the molecule is c1ccc(-c2ccc(-n3c4cc(N(c5cccc(-c6ccccc6)c5)c5cccc6nc(-c7ccccc7)oc56)ccc4c4ccc5ccccc5c43)cc2)cc1. The second kappa shape index (κ2) is 13.6. The van der Waals surface area contributed by atoms with Crippen molar-refractivity contribution in [2.24, 2.45) is 0 Å². The second-order valence-electron chi connectivity index (χ2n) is 14.4. The van der Waals surface area contributed by atoms with Gasteiger partial charge in [-0.05, 0) is 88.3 Å². The number of aromatic nitrogens is 2. The molecule has 11 rings (SSSR count). The predicted molar refractivity (Wildman–Crippen MR) is 237 cm³/mol. The summed E-state index contributed by atoms with van der Waals surface area (Å²) in [5.41, 5.74) is 13.5. The molecule has 0 saturated heterocycles. The van der Waals surface area contributed by atoms with Crippen LogP contribution in [0.5, 0.6) is 0 Å². The molecule has 9 aromatic carbocycles. The van der Waals surface area contributed by atoms with E-state index in [0.29, 0.717) is 5.89 Å². The van der Waals surface area contributed by atoms with Gasteiger partial charge in [-0.3, -0.25) is 0 Å². The highest BCUT2D eigenvalue weighted by Crippen LogP contribution is 2.44. The Morgan fingerprint density at radius 3 is 1.81 bits per heavy atom. The van der Waals surface area contributed by atoms with Gasteiger partial charge in [0.05, 0.1) is 16.7 Å². The number of hydrogen-bond donors (Lipinski definition) is 0. The first-order valence-corrected chi connectivity index (χ1v) is 19.3. The fourth-order valence-corrected chi connectivity index (χ4v) is 8.30. The van der Waals surface area contributed by atoms with Crippen molar-refractivity contribution in [3.05, 3.63) is 212 Å². The number of nitrogens with zero attached hydrogens (tertiary/aromatic N) is 3. The predicted octanol–water partition coefficient (Wildman–Crippen LogP) is 14.5. The Labute approximate surface area is 330 Å². The van der Waals surface area contributed by atoms with E-state index in [2.05, 4.69) is 185 Å². The molecule has 0 aliphatic heterocycles. The first kappa shape index (κ1) is 32.7. The number of oxazole rings is 1. The normalized spacial score (nSPS) is 11.5. The van der Waals surface area contributed by atoms with Crippen LogP contribution in [-0.4, -0.2) is 9.55 Å². The third kappa shape index (κ3) is 5.66. The summed E-state index contributed by atoms with van der Waals surface area (Å²) in [6.45, 7) is 0. The van der Waals surface area contributed by atoms with Crippen LogP contribution in [0, 0.1) is 0 Å². The maximum absolute atomic E-state index is 6.69. The highest BCUT2D eigenvalue weighted by molar-refractivity contribution is 6.19. The second-order valence-corrected chi connectivity index (χ2v) is 14.4. The minimum absolute atomic E-state index is 0.595. The average Bonchev–Trinajstić information content (AvgIpc) is 3.88. The molecule has 2 heterocycles. The molecule has 0 amide bonds. The summed E-state index contributed by atoms with van der Waals surface area (Å²) in [6.07, 6.45) is 0. The van der Waals surface area contributed by atoms with Crippen molar-refractivity contribution in [1.29, 1.82) is 0 Å². The molecular weight excluding hydrogens is 695 g/mol. The Balaban J connectivity index is 1.17. The molecular formula is C53H35N3O. The number of anilines is 3. The molecule has 0 radical (unpaired) electrons. The van der Waals surface area contributed by atoms with Crippen LogP contribution in [0.1, 0.15) is 0 Å². The van der Waals surface area contributed by atoms with Crippen LogP contribution in [0.4, 0.5) is 17.1 Å². The van der Waals surface area contributed by atoms with E-state index in [1.165, 1.54) is 38.2 Å². The van der Waals surface area contributed by atoms with Gasteiger partial charge < -0.3 is 13.9 Å². The van der Waals surface area contributed by atoms with Crippen molar-refractivity contribution >= 4 is 60.7 Å². The number of rotatable bonds is 7. The molecule has 0 atom stereocenters. The van der Waals surface area contributed by atoms with Crippen molar-refractivity contribution < 1.29 is 4.42 Å². The van der Waals surface area contributed by atoms with E-state index >= 15 is 0 Å². The first-order chi connectivity index (χ1) is 28.3. The number of para-hydroxylation sites is 1. The topological polar surface area (TPSA) is 34.2 Å². The van der Waals surface area contributed by atoms with Crippen LogP contribution >= 0.6 is 0 Å². The third-order valence-electron chi connectivity index (χ3n) is 11.0. The highest BCUT2D eigenvalue weighted by Gasteiger charge is 2.23. The lowest BCUT2D eigenvalue weighted by Crippen LogP contribution is -2.10. The fraction of sp³-hybridized carbons (Fsp3) is 0. The van der Waals surface area contributed by atoms with Gasteiger partial charge in [0.15, 0.2) is 5.58 Å². The molecule has 0 spiro atoms. The molecule has 0 aliphatic carbocycles. The maximum atomic E-state index is 6.69. The van der Waals surface area contributed by atoms with Gasteiger partial charge >= 0.3 is 0 Å². The van der Waals surface area contributed by atoms with Gasteiger partial charge in [-0.15, -0.1) is 0 Å². The molecule has 11 aromatic rings. The Bertz CT molecular complexity index is 3220. The van der Waals surface area contributed by atoms with E-state index in [1.54, 1.807) is 0 Å². The van der Waals surface area contributed by atoms with Gasteiger partial charge in [0.1, 0.15) is 5.52 Å². The molecule has 268 valence electrons. The maximum Gasteiger partial charge on any atom is 0.227 e. The molecule has 2 aromatic heterocycles. The molecule has 0 bridgehead atoms. The zero-order valence-electron chi connectivity index (χ0n) is 31.0. The minimum Gasteiger partial charge on any atom is -0.434 e. The summed E-state index contributed by atoms with van der Waals surface area (Å²) in [5.74, 6) is 0.595. The van der Waals surface area contributed by atoms with Crippen LogP contribution in [0.3, 0.4) is 0 Å². The largest absolute Gasteiger partial charge is 0.434 e. The molecule has 4 nitrogen and oxygen atoms in total. The Morgan fingerprint density at radius 2 is 1.04 bits per heavy atom. The van der Waals surface area contributed by atoms with Crippen molar-refractivity contribution in [3.63, 3.8) is 0 Å². The van der Waals surface area contributed by atoms with Gasteiger partial charge in [0.25, 0.3) is 0 Å². The van der Waals surface area contributed by atoms with Crippen molar-refractivity contribution in [3.8, 4) is 39.4 Å². The number of fused-ring (bicyclic) bond motifs is 6. The molecule has 0 aliphatic rings. The van der Waals surface area contributed by atoms with Gasteiger partial charge in [0, 0.05) is 38.8 Å². The summed E-state index contributed by atoms with van der Waals surface area (Å²) in [5, 5.41) is 4.83. The molecule has 0 fully saturated rings. The lowest BCUT2D eigenvalue weighted by Gasteiger charge is -2.26. The quantitative estimate of drug-likeness (QED) is 0.164. The molecule has 0 N–H and O–H groups in total. The van der Waals surface area contributed by atoms with E-state index in [0.717, 1.165) is 56.1 Å². The molecule has 0 saturated carbocycles. The number of hydrogen-bond acceptors (Lipinski definition) is 3. The van der Waals surface area contributed by atoms with Crippen molar-refractivity contribution in [1.82, 2.24) is 9.55 Å². The monoisotopic (exact) mass is 729 g/mol. The van der Waals surface area contributed by atoms with Crippen molar-refractivity contribution in [2.75, 3.05) is 4.90 Å². The average molecular weight is 730 g/mol. The Morgan fingerprint density at radius 1 is 0.421 bits per heavy atom. The van der Waals surface area contributed by atoms with Crippen LogP contribution in [-0.2, 0) is 0 Å². The van der Waals surface area contributed by atoms with Crippen LogP contribution in [0.25, 0.3) is 83.1 Å². The summed E-state index contributed by atoms with van der Waals surface area (Å²) in [6, 6.07) is 75.2. The summed E-state index contributed by atoms with van der Waals surface area (Å²) >= 11 is 0. The minimum atomic E-state index is 0.595. The summed E-state index contributed by atoms with van der Waals surface area (Å²) in [7, 11) is 0. The summed E-state index contributed by atoms with van der Waals surface area (Å²) in [4.78, 5) is 7.28. The Kier molecular flexibility index (Phi) is 7.78. The van der Waals surface area contributed by atoms with Gasteiger partial charge in [-0.25, -0.2) is 4.98 Å². The fourth-order valence-electron chi connectivity index (χ4n) is 8.30. The van der Waals surface area contributed by atoms with E-state index in [9.17, 15) is 0 Å². The van der Waals surface area contributed by atoms with Crippen LogP contribution in [0.15, 0.2) is 217 Å². The van der Waals surface area contributed by atoms with Crippen molar-refractivity contribution in [2.45, 2.75) is 0 Å². The van der Waals surface area contributed by atoms with Crippen LogP contribution < -0.4 is 4.90 Å². The first-order valence-electron chi connectivity index (χ1n) is 19.3. The zero-order valence-corrected chi connectivity index (χ0v) is 31.0. The van der Waals surface area contributed by atoms with Gasteiger partial charge in [-0.1, -0.05) is 152 Å². The standard InChI is InChI=1S/C53H35N3O/c1-4-14-36(15-5-1)38-26-29-42(30-27-38)56-50-35-44(31-33-46(50)47-32-28-39-18-10-11-23-45(39)51(47)56)55(43-22-12-21-41(34-43)37-16-6-2-7-17-37)49-25-13-24-48-52(49)57-53(54-48)40-19-8-3-9-20-40/h1-35H.